The van der Waals surface area contributed by atoms with E-state index in [9.17, 15) is 9.59 Å². The lowest BCUT2D eigenvalue weighted by molar-refractivity contribution is -0.113. The molecule has 1 atom stereocenters. The zero-order chi connectivity index (χ0) is 23.3. The summed E-state index contributed by atoms with van der Waals surface area (Å²) in [4.78, 5) is 24.9. The standard InChI is InChI=1S/C22H23ClIN5O2S/c1-4-29-20(14(3)25-21(31)15-5-7-16(23)8-6-15)27-28-22(29)32-12-19(30)26-18-10-9-17(24)11-13(18)2/h5-11,14H,4,12H2,1-3H3,(H,25,31)(H,26,30)/t14-/m0/s1. The molecular formula is C22H23ClIN5O2S. The van der Waals surface area contributed by atoms with Crippen molar-refractivity contribution < 1.29 is 9.59 Å². The molecule has 32 heavy (non-hydrogen) atoms. The molecule has 2 aromatic carbocycles. The number of thioether (sulfide) groups is 1. The zero-order valence-electron chi connectivity index (χ0n) is 17.9. The van der Waals surface area contributed by atoms with E-state index in [1.807, 2.05) is 43.5 Å². The minimum Gasteiger partial charge on any atom is -0.342 e. The number of rotatable bonds is 8. The highest BCUT2D eigenvalue weighted by atomic mass is 127. The molecule has 0 spiro atoms. The fourth-order valence-electron chi connectivity index (χ4n) is 3.05. The van der Waals surface area contributed by atoms with Crippen LogP contribution in [-0.4, -0.2) is 32.3 Å². The molecule has 0 aliphatic heterocycles. The summed E-state index contributed by atoms with van der Waals surface area (Å²) in [6.45, 7) is 6.40. The maximum absolute atomic E-state index is 12.5. The third-order valence-corrected chi connectivity index (χ3v) is 6.59. The molecule has 3 aromatic rings. The van der Waals surface area contributed by atoms with Gasteiger partial charge in [0.2, 0.25) is 5.91 Å². The van der Waals surface area contributed by atoms with Crippen molar-refractivity contribution in [2.45, 2.75) is 38.5 Å². The molecule has 1 heterocycles. The van der Waals surface area contributed by atoms with Gasteiger partial charge >= 0.3 is 0 Å². The molecule has 0 unspecified atom stereocenters. The molecule has 168 valence electrons. The number of amides is 2. The van der Waals surface area contributed by atoms with Gasteiger partial charge in [0.15, 0.2) is 11.0 Å². The molecule has 7 nitrogen and oxygen atoms in total. The number of halogens is 2. The molecule has 0 radical (unpaired) electrons. The minimum absolute atomic E-state index is 0.115. The molecule has 2 amide bonds. The topological polar surface area (TPSA) is 88.9 Å². The normalized spacial score (nSPS) is 11.8. The molecule has 0 fully saturated rings. The highest BCUT2D eigenvalue weighted by Gasteiger charge is 2.20. The number of hydrogen-bond acceptors (Lipinski definition) is 5. The van der Waals surface area contributed by atoms with Crippen LogP contribution in [0.2, 0.25) is 5.02 Å². The first kappa shape index (κ1) is 24.5. The Bertz CT molecular complexity index is 1120. The Labute approximate surface area is 209 Å². The van der Waals surface area contributed by atoms with E-state index in [4.69, 9.17) is 11.6 Å². The van der Waals surface area contributed by atoms with Crippen LogP contribution in [0, 0.1) is 10.5 Å². The smallest absolute Gasteiger partial charge is 0.251 e. The quantitative estimate of drug-likeness (QED) is 0.285. The number of aryl methyl sites for hydroxylation is 1. The summed E-state index contributed by atoms with van der Waals surface area (Å²) < 4.78 is 3.02. The Balaban J connectivity index is 1.62. The van der Waals surface area contributed by atoms with Gasteiger partial charge in [0.1, 0.15) is 0 Å². The molecule has 0 aliphatic carbocycles. The van der Waals surface area contributed by atoms with Crippen LogP contribution in [0.4, 0.5) is 5.69 Å². The number of anilines is 1. The molecule has 0 bridgehead atoms. The number of carbonyl (C=O) groups excluding carboxylic acids is 2. The monoisotopic (exact) mass is 583 g/mol. The van der Waals surface area contributed by atoms with Crippen molar-refractivity contribution in [2.24, 2.45) is 0 Å². The summed E-state index contributed by atoms with van der Waals surface area (Å²) >= 11 is 9.44. The van der Waals surface area contributed by atoms with Gasteiger partial charge in [0, 0.05) is 26.4 Å². The number of nitrogens with one attached hydrogen (secondary N) is 2. The van der Waals surface area contributed by atoms with Crippen molar-refractivity contribution >= 4 is 63.5 Å². The van der Waals surface area contributed by atoms with Gasteiger partial charge in [-0.15, -0.1) is 10.2 Å². The van der Waals surface area contributed by atoms with E-state index in [1.54, 1.807) is 24.3 Å². The van der Waals surface area contributed by atoms with Crippen molar-refractivity contribution in [2.75, 3.05) is 11.1 Å². The number of nitrogens with zero attached hydrogens (tertiary/aromatic N) is 3. The van der Waals surface area contributed by atoms with Gasteiger partial charge < -0.3 is 15.2 Å². The third-order valence-electron chi connectivity index (χ3n) is 4.70. The van der Waals surface area contributed by atoms with Gasteiger partial charge in [-0.05, 0) is 91.4 Å². The summed E-state index contributed by atoms with van der Waals surface area (Å²) in [6.07, 6.45) is 0. The van der Waals surface area contributed by atoms with Crippen LogP contribution >= 0.6 is 46.0 Å². The molecule has 10 heteroatoms. The van der Waals surface area contributed by atoms with Crippen molar-refractivity contribution in [3.63, 3.8) is 0 Å². The van der Waals surface area contributed by atoms with E-state index in [0.29, 0.717) is 28.1 Å². The van der Waals surface area contributed by atoms with Crippen LogP contribution in [0.5, 0.6) is 0 Å². The lowest BCUT2D eigenvalue weighted by atomic mass is 10.2. The molecule has 2 N–H and O–H groups in total. The average molecular weight is 584 g/mol. The van der Waals surface area contributed by atoms with Crippen molar-refractivity contribution in [3.05, 3.63) is 68.0 Å². The summed E-state index contributed by atoms with van der Waals surface area (Å²) in [5, 5.41) is 15.6. The van der Waals surface area contributed by atoms with E-state index in [-0.39, 0.29) is 23.6 Å². The van der Waals surface area contributed by atoms with E-state index >= 15 is 0 Å². The summed E-state index contributed by atoms with van der Waals surface area (Å²) in [7, 11) is 0. The van der Waals surface area contributed by atoms with E-state index in [2.05, 4.69) is 43.4 Å². The number of hydrogen-bond donors (Lipinski definition) is 2. The van der Waals surface area contributed by atoms with Gasteiger partial charge in [-0.1, -0.05) is 23.4 Å². The summed E-state index contributed by atoms with van der Waals surface area (Å²) in [5.41, 5.74) is 2.33. The van der Waals surface area contributed by atoms with Crippen molar-refractivity contribution in [3.8, 4) is 0 Å². The van der Waals surface area contributed by atoms with E-state index in [0.717, 1.165) is 14.8 Å². The average Bonchev–Trinajstić information content (AvgIpc) is 3.17. The Hall–Kier alpha value is -2.11. The predicted molar refractivity (Wildman–Crippen MR) is 136 cm³/mol. The van der Waals surface area contributed by atoms with Crippen LogP contribution in [-0.2, 0) is 11.3 Å². The van der Waals surface area contributed by atoms with Crippen LogP contribution in [0.15, 0.2) is 47.6 Å². The van der Waals surface area contributed by atoms with Crippen LogP contribution < -0.4 is 10.6 Å². The van der Waals surface area contributed by atoms with E-state index in [1.165, 1.54) is 11.8 Å². The van der Waals surface area contributed by atoms with Gasteiger partial charge in [-0.25, -0.2) is 0 Å². The van der Waals surface area contributed by atoms with Gasteiger partial charge in [-0.3, -0.25) is 9.59 Å². The van der Waals surface area contributed by atoms with Gasteiger partial charge in [-0.2, -0.15) is 0 Å². The molecule has 0 saturated heterocycles. The predicted octanol–water partition coefficient (Wildman–Crippen LogP) is 5.09. The second-order valence-corrected chi connectivity index (χ2v) is 9.71. The van der Waals surface area contributed by atoms with Crippen LogP contribution in [0.25, 0.3) is 0 Å². The zero-order valence-corrected chi connectivity index (χ0v) is 21.6. The van der Waals surface area contributed by atoms with Crippen molar-refractivity contribution in [1.29, 1.82) is 0 Å². The summed E-state index contributed by atoms with van der Waals surface area (Å²) in [6, 6.07) is 12.2. The Morgan fingerprint density at radius 3 is 2.56 bits per heavy atom. The molecule has 0 aliphatic rings. The first-order chi connectivity index (χ1) is 15.3. The SMILES string of the molecule is CCn1c(SCC(=O)Nc2ccc(I)cc2C)nnc1[C@H](C)NC(=O)c1ccc(Cl)cc1. The largest absolute Gasteiger partial charge is 0.342 e. The van der Waals surface area contributed by atoms with Crippen molar-refractivity contribution in [1.82, 2.24) is 20.1 Å². The third kappa shape index (κ3) is 6.23. The molecule has 1 aromatic heterocycles. The Kier molecular flexibility index (Phi) is 8.55. The lowest BCUT2D eigenvalue weighted by Gasteiger charge is -2.15. The second-order valence-electron chi connectivity index (χ2n) is 7.08. The Morgan fingerprint density at radius 2 is 1.91 bits per heavy atom. The van der Waals surface area contributed by atoms with Crippen LogP contribution in [0.3, 0.4) is 0 Å². The maximum atomic E-state index is 12.5. The first-order valence-corrected chi connectivity index (χ1v) is 12.4. The highest BCUT2D eigenvalue weighted by molar-refractivity contribution is 14.1. The number of benzene rings is 2. The molecule has 0 saturated carbocycles. The summed E-state index contributed by atoms with van der Waals surface area (Å²) in [5.74, 6) is 0.498. The number of carbonyl (C=O) groups is 2. The Morgan fingerprint density at radius 1 is 1.19 bits per heavy atom. The molecule has 3 rings (SSSR count). The van der Waals surface area contributed by atoms with Crippen LogP contribution in [0.1, 0.15) is 41.6 Å². The van der Waals surface area contributed by atoms with E-state index < -0.39 is 0 Å². The minimum atomic E-state index is -0.358. The lowest BCUT2D eigenvalue weighted by Crippen LogP contribution is -2.28. The number of aromatic nitrogens is 3. The molecular weight excluding hydrogens is 561 g/mol. The maximum Gasteiger partial charge on any atom is 0.251 e. The first-order valence-electron chi connectivity index (χ1n) is 9.96. The van der Waals surface area contributed by atoms with Gasteiger partial charge in [0.05, 0.1) is 11.8 Å². The fourth-order valence-corrected chi connectivity index (χ4v) is 4.64. The fraction of sp³-hybridized carbons (Fsp3) is 0.273. The van der Waals surface area contributed by atoms with Gasteiger partial charge in [0.25, 0.3) is 5.91 Å². The highest BCUT2D eigenvalue weighted by Crippen LogP contribution is 2.22. The second kappa shape index (κ2) is 11.2.